The van der Waals surface area contributed by atoms with Gasteiger partial charge in [-0.25, -0.2) is 0 Å². The van der Waals surface area contributed by atoms with E-state index in [-0.39, 0.29) is 11.7 Å². The number of nitriles is 1. The number of aryl methyl sites for hydroxylation is 1. The fourth-order valence-corrected chi connectivity index (χ4v) is 4.01. The maximum atomic E-state index is 12.6. The van der Waals surface area contributed by atoms with Gasteiger partial charge in [-0.15, -0.1) is 10.2 Å². The molecule has 0 saturated heterocycles. The molecular weight excluding hydrogens is 410 g/mol. The van der Waals surface area contributed by atoms with E-state index >= 15 is 0 Å². The first-order valence-electron chi connectivity index (χ1n) is 10.0. The van der Waals surface area contributed by atoms with Crippen molar-refractivity contribution in [1.82, 2.24) is 19.7 Å². The van der Waals surface area contributed by atoms with Crippen LogP contribution >= 0.6 is 11.8 Å². The van der Waals surface area contributed by atoms with Crippen LogP contribution < -0.4 is 4.74 Å². The summed E-state index contributed by atoms with van der Waals surface area (Å²) in [5, 5.41) is 18.3. The van der Waals surface area contributed by atoms with Crippen LogP contribution in [0.2, 0.25) is 0 Å². The topological polar surface area (TPSA) is 84.0 Å². The van der Waals surface area contributed by atoms with Crippen molar-refractivity contribution in [2.75, 3.05) is 26.0 Å². The number of rotatable bonds is 9. The number of hydrogen-bond donors (Lipinski definition) is 0. The highest BCUT2D eigenvalue weighted by Gasteiger charge is 2.19. The molecule has 0 aliphatic heterocycles. The Morgan fingerprint density at radius 1 is 1.23 bits per heavy atom. The number of amides is 1. The van der Waals surface area contributed by atoms with Crippen LogP contribution in [-0.2, 0) is 4.79 Å². The van der Waals surface area contributed by atoms with Crippen molar-refractivity contribution in [3.8, 4) is 28.9 Å². The lowest BCUT2D eigenvalue weighted by Gasteiger charge is -2.19. The largest absolute Gasteiger partial charge is 0.497 e. The fourth-order valence-electron chi connectivity index (χ4n) is 3.16. The summed E-state index contributed by atoms with van der Waals surface area (Å²) in [4.78, 5) is 14.3. The van der Waals surface area contributed by atoms with Crippen molar-refractivity contribution in [2.24, 2.45) is 0 Å². The SMILES string of the molecule is CCN(CCC#N)C(=O)CSc1nnc(-c2cccc(C)c2)n1-c1ccc(OC)cc1. The third kappa shape index (κ3) is 5.44. The first-order valence-corrected chi connectivity index (χ1v) is 11.0. The van der Waals surface area contributed by atoms with Gasteiger partial charge in [0, 0.05) is 24.3 Å². The molecule has 31 heavy (non-hydrogen) atoms. The summed E-state index contributed by atoms with van der Waals surface area (Å²) in [5.41, 5.74) is 2.96. The normalized spacial score (nSPS) is 10.5. The second-order valence-corrected chi connectivity index (χ2v) is 7.82. The predicted molar refractivity (Wildman–Crippen MR) is 121 cm³/mol. The first-order chi connectivity index (χ1) is 15.1. The number of carbonyl (C=O) groups is 1. The molecule has 0 aliphatic rings. The number of carbonyl (C=O) groups excluding carboxylic acids is 1. The number of aromatic nitrogens is 3. The van der Waals surface area contributed by atoms with Gasteiger partial charge >= 0.3 is 0 Å². The number of nitrogens with zero attached hydrogens (tertiary/aromatic N) is 5. The molecule has 0 atom stereocenters. The quantitative estimate of drug-likeness (QED) is 0.471. The zero-order valence-corrected chi connectivity index (χ0v) is 18.7. The highest BCUT2D eigenvalue weighted by molar-refractivity contribution is 7.99. The summed E-state index contributed by atoms with van der Waals surface area (Å²) in [5.74, 6) is 1.67. The third-order valence-corrected chi connectivity index (χ3v) is 5.71. The molecule has 0 saturated carbocycles. The zero-order chi connectivity index (χ0) is 22.2. The van der Waals surface area contributed by atoms with Gasteiger partial charge in [-0.1, -0.05) is 35.5 Å². The van der Waals surface area contributed by atoms with E-state index in [0.29, 0.717) is 30.5 Å². The van der Waals surface area contributed by atoms with Gasteiger partial charge in [0.05, 0.1) is 25.4 Å². The molecule has 3 aromatic rings. The van der Waals surface area contributed by atoms with Gasteiger partial charge in [-0.3, -0.25) is 9.36 Å². The monoisotopic (exact) mass is 435 g/mol. The van der Waals surface area contributed by atoms with Gasteiger partial charge in [-0.2, -0.15) is 5.26 Å². The van der Waals surface area contributed by atoms with Crippen molar-refractivity contribution < 1.29 is 9.53 Å². The Morgan fingerprint density at radius 2 is 2.00 bits per heavy atom. The minimum atomic E-state index is -0.0239. The Labute approximate surface area is 186 Å². The Morgan fingerprint density at radius 3 is 2.65 bits per heavy atom. The van der Waals surface area contributed by atoms with E-state index in [1.54, 1.807) is 12.0 Å². The summed E-state index contributed by atoms with van der Waals surface area (Å²) in [7, 11) is 1.63. The van der Waals surface area contributed by atoms with E-state index in [9.17, 15) is 4.79 Å². The lowest BCUT2D eigenvalue weighted by Crippen LogP contribution is -2.33. The van der Waals surface area contributed by atoms with E-state index in [1.807, 2.05) is 60.9 Å². The van der Waals surface area contributed by atoms with E-state index in [0.717, 1.165) is 22.6 Å². The summed E-state index contributed by atoms with van der Waals surface area (Å²) in [6, 6.07) is 17.8. The molecule has 0 fully saturated rings. The fraction of sp³-hybridized carbons (Fsp3) is 0.304. The Bertz CT molecular complexity index is 1070. The van der Waals surface area contributed by atoms with E-state index < -0.39 is 0 Å². The molecule has 0 spiro atoms. The van der Waals surface area contributed by atoms with Gasteiger partial charge < -0.3 is 9.64 Å². The van der Waals surface area contributed by atoms with E-state index in [2.05, 4.69) is 22.3 Å². The van der Waals surface area contributed by atoms with Crippen molar-refractivity contribution >= 4 is 17.7 Å². The molecule has 1 heterocycles. The average Bonchev–Trinajstić information content (AvgIpc) is 3.22. The molecule has 0 aliphatic carbocycles. The van der Waals surface area contributed by atoms with Gasteiger partial charge in [0.1, 0.15) is 5.75 Å². The molecule has 8 heteroatoms. The van der Waals surface area contributed by atoms with Crippen molar-refractivity contribution in [3.05, 3.63) is 54.1 Å². The van der Waals surface area contributed by atoms with Crippen LogP contribution in [0.3, 0.4) is 0 Å². The van der Waals surface area contributed by atoms with Crippen LogP contribution in [0.4, 0.5) is 0 Å². The van der Waals surface area contributed by atoms with Gasteiger partial charge in [0.2, 0.25) is 5.91 Å². The molecular formula is C23H25N5O2S. The number of hydrogen-bond acceptors (Lipinski definition) is 6. The molecule has 0 radical (unpaired) electrons. The second kappa shape index (κ2) is 10.6. The number of ether oxygens (including phenoxy) is 1. The average molecular weight is 436 g/mol. The zero-order valence-electron chi connectivity index (χ0n) is 17.9. The van der Waals surface area contributed by atoms with Crippen LogP contribution in [0.1, 0.15) is 18.9 Å². The van der Waals surface area contributed by atoms with E-state index in [1.165, 1.54) is 11.8 Å². The Hall–Kier alpha value is -3.31. The third-order valence-electron chi connectivity index (χ3n) is 4.79. The van der Waals surface area contributed by atoms with Crippen LogP contribution in [0.5, 0.6) is 5.75 Å². The highest BCUT2D eigenvalue weighted by atomic mass is 32.2. The summed E-state index contributed by atoms with van der Waals surface area (Å²) in [6.45, 7) is 4.95. The lowest BCUT2D eigenvalue weighted by atomic mass is 10.1. The van der Waals surface area contributed by atoms with Crippen LogP contribution in [0, 0.1) is 18.3 Å². The maximum Gasteiger partial charge on any atom is 0.233 e. The van der Waals surface area contributed by atoms with Gasteiger partial charge in [0.15, 0.2) is 11.0 Å². The number of benzene rings is 2. The summed E-state index contributed by atoms with van der Waals surface area (Å²) < 4.78 is 7.23. The van der Waals surface area contributed by atoms with E-state index in [4.69, 9.17) is 10.00 Å². The van der Waals surface area contributed by atoms with Crippen molar-refractivity contribution in [3.63, 3.8) is 0 Å². The number of thioether (sulfide) groups is 1. The van der Waals surface area contributed by atoms with Crippen LogP contribution in [0.15, 0.2) is 53.7 Å². The minimum Gasteiger partial charge on any atom is -0.497 e. The van der Waals surface area contributed by atoms with Crippen molar-refractivity contribution in [1.29, 1.82) is 5.26 Å². The lowest BCUT2D eigenvalue weighted by molar-refractivity contribution is -0.128. The molecule has 0 unspecified atom stereocenters. The van der Waals surface area contributed by atoms with Crippen LogP contribution in [0.25, 0.3) is 17.1 Å². The van der Waals surface area contributed by atoms with Gasteiger partial charge in [-0.05, 0) is 44.2 Å². The van der Waals surface area contributed by atoms with Gasteiger partial charge in [0.25, 0.3) is 0 Å². The molecule has 0 bridgehead atoms. The molecule has 1 amide bonds. The molecule has 2 aromatic carbocycles. The standard InChI is InChI=1S/C23H25N5O2S/c1-4-27(14-6-13-24)21(29)16-31-23-26-25-22(18-8-5-7-17(2)15-18)28(23)19-9-11-20(30-3)12-10-19/h5,7-12,15H,4,6,14,16H2,1-3H3. The minimum absolute atomic E-state index is 0.0239. The smallest absolute Gasteiger partial charge is 0.233 e. The molecule has 0 N–H and O–H groups in total. The van der Waals surface area contributed by atoms with Crippen LogP contribution in [-0.4, -0.2) is 51.5 Å². The summed E-state index contributed by atoms with van der Waals surface area (Å²) in [6.07, 6.45) is 0.323. The molecule has 160 valence electrons. The Kier molecular flexibility index (Phi) is 7.68. The Balaban J connectivity index is 1.93. The maximum absolute atomic E-state index is 12.6. The molecule has 1 aromatic heterocycles. The molecule has 7 nitrogen and oxygen atoms in total. The summed E-state index contributed by atoms with van der Waals surface area (Å²) >= 11 is 1.34. The number of methoxy groups -OCH3 is 1. The molecule has 3 rings (SSSR count). The second-order valence-electron chi connectivity index (χ2n) is 6.88. The predicted octanol–water partition coefficient (Wildman–Crippen LogP) is 4.11. The van der Waals surface area contributed by atoms with Crippen molar-refractivity contribution in [2.45, 2.75) is 25.4 Å². The highest BCUT2D eigenvalue weighted by Crippen LogP contribution is 2.29. The first kappa shape index (κ1) is 22.4.